The average Bonchev–Trinajstić information content (AvgIpc) is 3.03. The summed E-state index contributed by atoms with van der Waals surface area (Å²) in [6.45, 7) is 14.2. The quantitative estimate of drug-likeness (QED) is 0.233. The van der Waals surface area contributed by atoms with Crippen LogP contribution in [0.25, 0.3) is 0 Å². The fourth-order valence-electron chi connectivity index (χ4n) is 7.49. The average molecular weight is 718 g/mol. The molecule has 13 nitrogen and oxygen atoms in total. The van der Waals surface area contributed by atoms with Gasteiger partial charge in [0.1, 0.15) is 17.8 Å². The topological polar surface area (TPSA) is 204 Å². The van der Waals surface area contributed by atoms with E-state index in [0.717, 1.165) is 9.87 Å². The van der Waals surface area contributed by atoms with Crippen molar-refractivity contribution in [3.63, 3.8) is 0 Å². The van der Waals surface area contributed by atoms with E-state index in [9.17, 15) is 43.9 Å². The largest absolute Gasteiger partial charge is 0.459 e. The summed E-state index contributed by atoms with van der Waals surface area (Å²) in [5.74, 6) is -4.66. The van der Waals surface area contributed by atoms with Crippen molar-refractivity contribution in [1.82, 2.24) is 4.31 Å². The molecule has 2 aliphatic rings. The smallest absolute Gasteiger partial charge is 0.311 e. The van der Waals surface area contributed by atoms with Gasteiger partial charge in [-0.05, 0) is 71.9 Å². The summed E-state index contributed by atoms with van der Waals surface area (Å²) < 4.78 is 46.2. The number of likely N-dealkylation sites (N-methyl/N-ethyl adjacent to an activating group) is 1. The zero-order chi connectivity index (χ0) is 37.4. The van der Waals surface area contributed by atoms with Gasteiger partial charge in [-0.15, -0.1) is 0 Å². The lowest BCUT2D eigenvalue weighted by Crippen LogP contribution is -2.61. The van der Waals surface area contributed by atoms with Gasteiger partial charge in [-0.25, -0.2) is 8.42 Å². The number of rotatable bonds is 6. The molecule has 0 bridgehead atoms. The third-order valence-corrected chi connectivity index (χ3v) is 12.7. The Hall–Kier alpha value is -1.72. The molecule has 0 aromatic heterocycles. The minimum absolute atomic E-state index is 0.0507. The first kappa shape index (κ1) is 41.7. The van der Waals surface area contributed by atoms with Gasteiger partial charge < -0.3 is 44.8 Å². The number of sulfonamides is 1. The van der Waals surface area contributed by atoms with E-state index in [0.29, 0.717) is 0 Å². The Labute approximate surface area is 291 Å². The fraction of sp³-hybridized carbons (Fsp3) is 0.800. The van der Waals surface area contributed by atoms with Crippen molar-refractivity contribution in [2.75, 3.05) is 7.05 Å². The van der Waals surface area contributed by atoms with Gasteiger partial charge in [-0.2, -0.15) is 4.31 Å². The maximum absolute atomic E-state index is 13.6. The molecule has 0 saturated carbocycles. The molecule has 1 aromatic rings. The number of ether oxygens (including phenoxy) is 3. The standard InChI is InChI=1S/C35H59NO12S/c1-11-26-35(9,43)30(40)21(5)27(37)19(3)17-34(8,42)31(22(6)28(38)23(7)32(41)47-26)48-33-29(39)25(16-20(4)46-33)36(10)49(44,45)24-14-12-18(2)13-15-24/h12-15,19-23,25-31,33,37-40,42-43H,11,16-17H2,1-10H3/t19-,20-,21+,22+,23-,25+,26-,27+,28+,29-,30-,31-,33+,34-,35-/m1/s1. The lowest BCUT2D eigenvalue weighted by molar-refractivity contribution is -0.298. The summed E-state index contributed by atoms with van der Waals surface area (Å²) >= 11 is 0. The highest BCUT2D eigenvalue weighted by atomic mass is 32.2. The van der Waals surface area contributed by atoms with Crippen LogP contribution in [-0.4, -0.2) is 123 Å². The number of cyclic esters (lactones) is 1. The zero-order valence-electron chi connectivity index (χ0n) is 30.4. The van der Waals surface area contributed by atoms with Gasteiger partial charge in [0.05, 0.1) is 53.0 Å². The summed E-state index contributed by atoms with van der Waals surface area (Å²) in [5.41, 5.74) is -2.90. The van der Waals surface area contributed by atoms with Crippen LogP contribution in [0, 0.1) is 30.6 Å². The van der Waals surface area contributed by atoms with Crippen LogP contribution in [0.1, 0.15) is 80.2 Å². The van der Waals surface area contributed by atoms with Gasteiger partial charge in [0.2, 0.25) is 10.0 Å². The fourth-order valence-corrected chi connectivity index (χ4v) is 8.87. The van der Waals surface area contributed by atoms with Crippen LogP contribution in [0.4, 0.5) is 0 Å². The Bertz CT molecular complexity index is 1350. The third-order valence-electron chi connectivity index (χ3n) is 10.8. The van der Waals surface area contributed by atoms with Crippen LogP contribution >= 0.6 is 0 Å². The highest BCUT2D eigenvalue weighted by Crippen LogP contribution is 2.39. The number of aliphatic hydroxyl groups is 6. The van der Waals surface area contributed by atoms with E-state index in [-0.39, 0.29) is 24.2 Å². The molecule has 3 rings (SSSR count). The first-order valence-corrected chi connectivity index (χ1v) is 18.7. The van der Waals surface area contributed by atoms with E-state index in [1.807, 2.05) is 6.92 Å². The Balaban J connectivity index is 2.02. The lowest BCUT2D eigenvalue weighted by Gasteiger charge is -2.47. The number of hydrogen-bond donors (Lipinski definition) is 6. The van der Waals surface area contributed by atoms with E-state index in [1.165, 1.54) is 40.0 Å². The Morgan fingerprint density at radius 2 is 1.51 bits per heavy atom. The molecule has 2 fully saturated rings. The number of nitrogens with zero attached hydrogens (tertiary/aromatic N) is 1. The normalized spacial score (nSPS) is 43.5. The van der Waals surface area contributed by atoms with E-state index in [4.69, 9.17) is 14.2 Å². The molecule has 6 N–H and O–H groups in total. The molecule has 15 atom stereocenters. The molecule has 14 heteroatoms. The maximum Gasteiger partial charge on any atom is 0.311 e. The molecular formula is C35H59NO12S. The van der Waals surface area contributed by atoms with E-state index < -0.39 is 106 Å². The molecule has 0 aliphatic carbocycles. The van der Waals surface area contributed by atoms with Crippen LogP contribution in [0.5, 0.6) is 0 Å². The van der Waals surface area contributed by atoms with Gasteiger partial charge in [-0.1, -0.05) is 45.4 Å². The van der Waals surface area contributed by atoms with Gasteiger partial charge in [0, 0.05) is 18.9 Å². The summed E-state index contributed by atoms with van der Waals surface area (Å²) in [6.07, 6.45) is -10.2. The lowest BCUT2D eigenvalue weighted by atomic mass is 9.73. The number of aliphatic hydroxyl groups excluding tert-OH is 4. The minimum Gasteiger partial charge on any atom is -0.459 e. The minimum atomic E-state index is -4.04. The number of carbonyl (C=O) groups excluding carboxylic acids is 1. The Kier molecular flexibility index (Phi) is 13.5. The number of hydrogen-bond acceptors (Lipinski definition) is 12. The Morgan fingerprint density at radius 1 is 0.939 bits per heavy atom. The van der Waals surface area contributed by atoms with E-state index in [2.05, 4.69) is 0 Å². The second-order valence-electron chi connectivity index (χ2n) is 15.0. The van der Waals surface area contributed by atoms with Crippen LogP contribution in [0.15, 0.2) is 29.2 Å². The monoisotopic (exact) mass is 717 g/mol. The molecule has 0 radical (unpaired) electrons. The highest BCUT2D eigenvalue weighted by molar-refractivity contribution is 7.89. The summed E-state index contributed by atoms with van der Waals surface area (Å²) in [7, 11) is -2.67. The van der Waals surface area contributed by atoms with Crippen molar-refractivity contribution in [3.8, 4) is 0 Å². The van der Waals surface area contributed by atoms with Crippen LogP contribution < -0.4 is 0 Å². The van der Waals surface area contributed by atoms with Crippen LogP contribution in [0.3, 0.4) is 0 Å². The number of esters is 1. The SMILES string of the molecule is CC[C@H]1OC(=O)[C@H](C)[C@@H](O)[C@H](C)[C@@H](O[C@@H]2O[C@H](C)C[C@H](N(C)S(=O)(=O)c3ccc(C)cc3)[C@H]2O)[C@](C)(O)C[C@@H](C)[C@H](O)[C@H](C)[C@@H](O)[C@]1(C)O. The molecule has 0 spiro atoms. The predicted molar refractivity (Wildman–Crippen MR) is 180 cm³/mol. The van der Waals surface area contributed by atoms with Gasteiger partial charge in [-0.3, -0.25) is 4.79 Å². The summed E-state index contributed by atoms with van der Waals surface area (Å²) in [5, 5.41) is 69.0. The summed E-state index contributed by atoms with van der Waals surface area (Å²) in [6, 6.07) is 5.35. The third kappa shape index (κ3) is 8.85. The van der Waals surface area contributed by atoms with Crippen molar-refractivity contribution >= 4 is 16.0 Å². The van der Waals surface area contributed by atoms with Crippen molar-refractivity contribution in [2.24, 2.45) is 23.7 Å². The van der Waals surface area contributed by atoms with E-state index in [1.54, 1.807) is 46.8 Å². The molecule has 282 valence electrons. The predicted octanol–water partition coefficient (Wildman–Crippen LogP) is 1.72. The molecule has 0 unspecified atom stereocenters. The zero-order valence-corrected chi connectivity index (χ0v) is 31.2. The van der Waals surface area contributed by atoms with Crippen molar-refractivity contribution in [2.45, 2.75) is 153 Å². The second kappa shape index (κ2) is 15.9. The highest BCUT2D eigenvalue weighted by Gasteiger charge is 2.51. The van der Waals surface area contributed by atoms with Gasteiger partial charge in [0.25, 0.3) is 0 Å². The molecule has 2 saturated heterocycles. The number of benzene rings is 1. The van der Waals surface area contributed by atoms with Crippen molar-refractivity contribution < 1.29 is 58.1 Å². The van der Waals surface area contributed by atoms with Crippen molar-refractivity contribution in [3.05, 3.63) is 29.8 Å². The molecular weight excluding hydrogens is 658 g/mol. The van der Waals surface area contributed by atoms with Gasteiger partial charge in [0.15, 0.2) is 6.29 Å². The molecule has 0 amide bonds. The Morgan fingerprint density at radius 3 is 2.06 bits per heavy atom. The van der Waals surface area contributed by atoms with Crippen LogP contribution in [-0.2, 0) is 29.0 Å². The number of carbonyl (C=O) groups is 1. The van der Waals surface area contributed by atoms with Gasteiger partial charge >= 0.3 is 5.97 Å². The number of aryl methyl sites for hydroxylation is 1. The van der Waals surface area contributed by atoms with E-state index >= 15 is 0 Å². The summed E-state index contributed by atoms with van der Waals surface area (Å²) in [4.78, 5) is 13.4. The second-order valence-corrected chi connectivity index (χ2v) is 17.0. The molecule has 1 aromatic carbocycles. The maximum atomic E-state index is 13.6. The van der Waals surface area contributed by atoms with Crippen LogP contribution in [0.2, 0.25) is 0 Å². The molecule has 2 heterocycles. The van der Waals surface area contributed by atoms with Crippen molar-refractivity contribution in [1.29, 1.82) is 0 Å². The first-order valence-electron chi connectivity index (χ1n) is 17.2. The molecule has 2 aliphatic heterocycles. The first-order chi connectivity index (χ1) is 22.5. The molecule has 49 heavy (non-hydrogen) atoms.